The predicted octanol–water partition coefficient (Wildman–Crippen LogP) is 6.07. The zero-order valence-electron chi connectivity index (χ0n) is 25.9. The number of fused-ring (bicyclic) bond motifs is 1. The van der Waals surface area contributed by atoms with Gasteiger partial charge in [0.15, 0.2) is 11.5 Å². The number of methoxy groups -OCH3 is 1. The van der Waals surface area contributed by atoms with Crippen LogP contribution >= 0.6 is 11.8 Å². The van der Waals surface area contributed by atoms with Crippen LogP contribution < -0.4 is 25.1 Å². The number of amides is 1. The number of carbonyl (C=O) groups is 1. The summed E-state index contributed by atoms with van der Waals surface area (Å²) in [6.07, 6.45) is 5.82. The number of aromatic amines is 1. The smallest absolute Gasteiger partial charge is 0.254 e. The van der Waals surface area contributed by atoms with Crippen molar-refractivity contribution in [2.45, 2.75) is 69.7 Å². The SMILES string of the molecule is COc1ccc(F)cc1-c1cc(C(=O)NCc2c(SC)cc(C)[nH]c2=O)c(C)c2c1OC(C)([C@H]1CC[C@H](N(C)C)CC1)O2. The first kappa shape index (κ1) is 30.9. The number of hydrogen-bond acceptors (Lipinski definition) is 7. The number of ether oxygens (including phenoxy) is 3. The molecule has 2 aliphatic rings. The lowest BCUT2D eigenvalue weighted by molar-refractivity contribution is -0.123. The molecule has 230 valence electrons. The molecule has 0 bridgehead atoms. The van der Waals surface area contributed by atoms with Crippen molar-refractivity contribution in [2.24, 2.45) is 5.92 Å². The Labute approximate surface area is 256 Å². The summed E-state index contributed by atoms with van der Waals surface area (Å²) in [4.78, 5) is 32.3. The number of hydrogen-bond donors (Lipinski definition) is 2. The summed E-state index contributed by atoms with van der Waals surface area (Å²) in [6, 6.07) is 8.37. The van der Waals surface area contributed by atoms with E-state index in [2.05, 4.69) is 29.3 Å². The summed E-state index contributed by atoms with van der Waals surface area (Å²) < 4.78 is 33.5. The number of nitrogens with zero attached hydrogens (tertiary/aromatic N) is 1. The number of halogens is 1. The molecule has 1 aliphatic carbocycles. The minimum atomic E-state index is -0.947. The maximum Gasteiger partial charge on any atom is 0.254 e. The third kappa shape index (κ3) is 5.99. The van der Waals surface area contributed by atoms with E-state index < -0.39 is 11.6 Å². The van der Waals surface area contributed by atoms with Crippen LogP contribution in [0.4, 0.5) is 4.39 Å². The summed E-state index contributed by atoms with van der Waals surface area (Å²) in [5.41, 5.74) is 2.92. The molecular formula is C33H40FN3O5S. The molecule has 1 aliphatic heterocycles. The van der Waals surface area contributed by atoms with Gasteiger partial charge in [0.2, 0.25) is 0 Å². The number of pyridine rings is 1. The maximum atomic E-state index is 14.6. The first-order valence-electron chi connectivity index (χ1n) is 14.6. The zero-order valence-corrected chi connectivity index (χ0v) is 26.7. The van der Waals surface area contributed by atoms with Gasteiger partial charge < -0.3 is 29.4 Å². The van der Waals surface area contributed by atoms with E-state index in [0.717, 1.165) is 36.3 Å². The van der Waals surface area contributed by atoms with Crippen LogP contribution in [-0.2, 0) is 6.54 Å². The third-order valence-corrected chi connectivity index (χ3v) is 9.64. The molecule has 1 saturated carbocycles. The van der Waals surface area contributed by atoms with Gasteiger partial charge in [-0.05, 0) is 90.2 Å². The molecule has 1 unspecified atom stereocenters. The van der Waals surface area contributed by atoms with E-state index in [-0.39, 0.29) is 23.9 Å². The van der Waals surface area contributed by atoms with Gasteiger partial charge in [-0.25, -0.2) is 4.39 Å². The van der Waals surface area contributed by atoms with Crippen molar-refractivity contribution in [1.82, 2.24) is 15.2 Å². The van der Waals surface area contributed by atoms with Crippen LogP contribution in [0.2, 0.25) is 0 Å². The number of carbonyl (C=O) groups excluding carboxylic acids is 1. The molecule has 0 saturated heterocycles. The van der Waals surface area contributed by atoms with Crippen LogP contribution in [0.25, 0.3) is 11.1 Å². The third-order valence-electron chi connectivity index (χ3n) is 8.83. The second kappa shape index (κ2) is 12.2. The van der Waals surface area contributed by atoms with Crippen molar-refractivity contribution in [3.8, 4) is 28.4 Å². The van der Waals surface area contributed by atoms with E-state index in [1.165, 1.54) is 31.0 Å². The highest BCUT2D eigenvalue weighted by molar-refractivity contribution is 7.98. The van der Waals surface area contributed by atoms with E-state index in [9.17, 15) is 14.0 Å². The molecule has 1 amide bonds. The Bertz CT molecular complexity index is 1600. The number of aromatic nitrogens is 1. The lowest BCUT2D eigenvalue weighted by atomic mass is 9.81. The number of H-pyrrole nitrogens is 1. The molecule has 2 heterocycles. The Hall–Kier alpha value is -3.50. The topological polar surface area (TPSA) is 92.9 Å². The van der Waals surface area contributed by atoms with Crippen molar-refractivity contribution < 1.29 is 23.4 Å². The minimum absolute atomic E-state index is 0.0456. The summed E-state index contributed by atoms with van der Waals surface area (Å²) in [5.74, 6) is -0.266. The van der Waals surface area contributed by atoms with Crippen molar-refractivity contribution in [2.75, 3.05) is 27.5 Å². The van der Waals surface area contributed by atoms with Crippen molar-refractivity contribution in [3.63, 3.8) is 0 Å². The summed E-state index contributed by atoms with van der Waals surface area (Å²) in [5, 5.41) is 2.92. The van der Waals surface area contributed by atoms with Gasteiger partial charge in [-0.2, -0.15) is 0 Å². The molecule has 10 heteroatoms. The first-order valence-corrected chi connectivity index (χ1v) is 15.8. The second-order valence-electron chi connectivity index (χ2n) is 11.8. The molecule has 3 aromatic rings. The van der Waals surface area contributed by atoms with Crippen LogP contribution in [0.15, 0.2) is 40.0 Å². The molecule has 5 rings (SSSR count). The van der Waals surface area contributed by atoms with Crippen LogP contribution in [0.3, 0.4) is 0 Å². The molecule has 1 atom stereocenters. The monoisotopic (exact) mass is 609 g/mol. The molecule has 43 heavy (non-hydrogen) atoms. The quantitative estimate of drug-likeness (QED) is 0.300. The fourth-order valence-corrected chi connectivity index (χ4v) is 7.00. The number of thioether (sulfide) groups is 1. The Morgan fingerprint density at radius 3 is 2.47 bits per heavy atom. The lowest BCUT2D eigenvalue weighted by Crippen LogP contribution is -2.46. The second-order valence-corrected chi connectivity index (χ2v) is 12.6. The molecule has 1 fully saturated rings. The lowest BCUT2D eigenvalue weighted by Gasteiger charge is -2.39. The average Bonchev–Trinajstić information content (AvgIpc) is 3.35. The highest BCUT2D eigenvalue weighted by Gasteiger charge is 2.48. The fraction of sp³-hybridized carbons (Fsp3) is 0.455. The number of aryl methyl sites for hydroxylation is 1. The van der Waals surface area contributed by atoms with E-state index in [4.69, 9.17) is 14.2 Å². The van der Waals surface area contributed by atoms with Gasteiger partial charge in [-0.15, -0.1) is 11.8 Å². The van der Waals surface area contributed by atoms with E-state index in [0.29, 0.717) is 51.1 Å². The summed E-state index contributed by atoms with van der Waals surface area (Å²) >= 11 is 1.45. The van der Waals surface area contributed by atoms with Gasteiger partial charge >= 0.3 is 0 Å². The van der Waals surface area contributed by atoms with Crippen LogP contribution in [0, 0.1) is 25.6 Å². The highest BCUT2D eigenvalue weighted by atomic mass is 32.2. The Balaban J connectivity index is 1.54. The van der Waals surface area contributed by atoms with Crippen LogP contribution in [-0.4, -0.2) is 55.1 Å². The number of nitrogens with one attached hydrogen (secondary N) is 2. The van der Waals surface area contributed by atoms with Gasteiger partial charge in [0.1, 0.15) is 11.6 Å². The number of benzene rings is 2. The Kier molecular flexibility index (Phi) is 8.81. The minimum Gasteiger partial charge on any atom is -0.496 e. The van der Waals surface area contributed by atoms with Crippen molar-refractivity contribution >= 4 is 17.7 Å². The van der Waals surface area contributed by atoms with E-state index in [1.54, 1.807) is 12.1 Å². The van der Waals surface area contributed by atoms with Gasteiger partial charge in [0.05, 0.1) is 7.11 Å². The zero-order chi connectivity index (χ0) is 31.1. The first-order chi connectivity index (χ1) is 20.4. The molecule has 0 spiro atoms. The number of rotatable bonds is 8. The average molecular weight is 610 g/mol. The maximum absolute atomic E-state index is 14.6. The van der Waals surface area contributed by atoms with Crippen molar-refractivity contribution in [1.29, 1.82) is 0 Å². The molecular weight excluding hydrogens is 569 g/mol. The molecule has 8 nitrogen and oxygen atoms in total. The largest absolute Gasteiger partial charge is 0.496 e. The summed E-state index contributed by atoms with van der Waals surface area (Å²) in [6.45, 7) is 5.64. The Morgan fingerprint density at radius 2 is 1.81 bits per heavy atom. The summed E-state index contributed by atoms with van der Waals surface area (Å²) in [7, 11) is 5.74. The van der Waals surface area contributed by atoms with E-state index in [1.807, 2.05) is 33.1 Å². The molecule has 2 aromatic carbocycles. The van der Waals surface area contributed by atoms with Crippen LogP contribution in [0.5, 0.6) is 17.2 Å². The molecule has 0 radical (unpaired) electrons. The predicted molar refractivity (Wildman–Crippen MR) is 167 cm³/mol. The highest BCUT2D eigenvalue weighted by Crippen LogP contribution is 2.54. The molecule has 1 aromatic heterocycles. The van der Waals surface area contributed by atoms with Crippen molar-refractivity contribution in [3.05, 3.63) is 68.9 Å². The fourth-order valence-electron chi connectivity index (χ4n) is 6.29. The molecule has 2 N–H and O–H groups in total. The van der Waals surface area contributed by atoms with Gasteiger partial charge in [-0.3, -0.25) is 9.59 Å². The Morgan fingerprint density at radius 1 is 1.12 bits per heavy atom. The normalized spacial score (nSPS) is 21.2. The van der Waals surface area contributed by atoms with Crippen LogP contribution in [0.1, 0.15) is 59.8 Å². The van der Waals surface area contributed by atoms with E-state index >= 15 is 0 Å². The van der Waals surface area contributed by atoms with Gasteiger partial charge in [0.25, 0.3) is 17.3 Å². The standard InChI is InChI=1S/C33H40FN3O5S/c1-18-14-28(43-7)26(32(39)36-18)17-35-31(38)23-16-25(24-15-21(34)10-13-27(24)40-6)30-29(19(23)2)41-33(3,42-30)20-8-11-22(12-9-20)37(4)5/h10,13-16,20,22H,8-9,11-12,17H2,1-7H3,(H,35,38)(H,36,39)/t20-,22-,33?. The van der Waals surface area contributed by atoms with Gasteiger partial charge in [0, 0.05) is 63.8 Å². The van der Waals surface area contributed by atoms with Gasteiger partial charge in [-0.1, -0.05) is 0 Å².